The molecule has 5 nitrogen and oxygen atoms in total. The monoisotopic (exact) mass is 337 g/mol. The van der Waals surface area contributed by atoms with Gasteiger partial charge in [0, 0.05) is 6.07 Å². The number of hydrogen-bond donors (Lipinski definition) is 1. The van der Waals surface area contributed by atoms with Crippen LogP contribution in [0.5, 0.6) is 11.5 Å². The van der Waals surface area contributed by atoms with Gasteiger partial charge in [-0.15, -0.1) is 0 Å². The van der Waals surface area contributed by atoms with Gasteiger partial charge in [0.1, 0.15) is 11.5 Å². The molecule has 25 heavy (non-hydrogen) atoms. The first kappa shape index (κ1) is 16.9. The minimum Gasteiger partial charge on any atom is -0.457 e. The molecule has 3 rings (SSSR count). The average Bonchev–Trinajstić information content (AvgIpc) is 2.65. The lowest BCUT2D eigenvalue weighted by atomic mass is 10.1. The van der Waals surface area contributed by atoms with Gasteiger partial charge in [-0.1, -0.05) is 25.1 Å². The smallest absolute Gasteiger partial charge is 0.261 e. The van der Waals surface area contributed by atoms with E-state index in [1.165, 1.54) is 4.57 Å². The molecule has 0 bridgehead atoms. The second-order valence-electron chi connectivity index (χ2n) is 5.77. The fourth-order valence-corrected chi connectivity index (χ4v) is 2.86. The highest BCUT2D eigenvalue weighted by Gasteiger charge is 2.16. The number of aliphatic hydroxyl groups excluding tert-OH is 1. The van der Waals surface area contributed by atoms with Crippen molar-refractivity contribution in [2.75, 3.05) is 6.61 Å². The van der Waals surface area contributed by atoms with Gasteiger partial charge in [0.25, 0.3) is 5.56 Å². The highest BCUT2D eigenvalue weighted by atomic mass is 16.5. The first-order valence-corrected chi connectivity index (χ1v) is 8.16. The number of fused-ring (bicyclic) bond motifs is 1. The molecular formula is C20H19NO4. The van der Waals surface area contributed by atoms with Crippen molar-refractivity contribution in [2.24, 2.45) is 0 Å². The topological polar surface area (TPSA) is 68.5 Å². The van der Waals surface area contributed by atoms with Gasteiger partial charge in [0.15, 0.2) is 6.29 Å². The summed E-state index contributed by atoms with van der Waals surface area (Å²) < 4.78 is 7.32. The van der Waals surface area contributed by atoms with Gasteiger partial charge in [-0.25, -0.2) is 0 Å². The molecule has 0 aliphatic rings. The van der Waals surface area contributed by atoms with Gasteiger partial charge in [0.05, 0.1) is 23.7 Å². The summed E-state index contributed by atoms with van der Waals surface area (Å²) in [7, 11) is 0. The number of hydrogen-bond acceptors (Lipinski definition) is 4. The number of aldehydes is 1. The maximum absolute atomic E-state index is 12.6. The maximum atomic E-state index is 12.6. The first-order chi connectivity index (χ1) is 12.2. The SMILES string of the molecule is CCC(CO)n1c(=O)c(C=O)cc2ccc(Oc3ccccc3)cc21. The molecule has 1 N–H and O–H groups in total. The van der Waals surface area contributed by atoms with Crippen LogP contribution < -0.4 is 10.3 Å². The summed E-state index contributed by atoms with van der Waals surface area (Å²) in [5.41, 5.74) is 0.307. The van der Waals surface area contributed by atoms with Gasteiger partial charge in [-0.3, -0.25) is 9.59 Å². The van der Waals surface area contributed by atoms with Gasteiger partial charge in [-0.05, 0) is 42.1 Å². The summed E-state index contributed by atoms with van der Waals surface area (Å²) in [4.78, 5) is 23.9. The lowest BCUT2D eigenvalue weighted by molar-refractivity contribution is 0.112. The van der Waals surface area contributed by atoms with E-state index in [0.717, 1.165) is 5.39 Å². The molecule has 3 aromatic rings. The second-order valence-corrected chi connectivity index (χ2v) is 5.77. The maximum Gasteiger partial charge on any atom is 0.261 e. The Hall–Kier alpha value is -2.92. The van der Waals surface area contributed by atoms with Crippen LogP contribution in [0.15, 0.2) is 59.4 Å². The van der Waals surface area contributed by atoms with Crippen molar-refractivity contribution in [1.29, 1.82) is 0 Å². The summed E-state index contributed by atoms with van der Waals surface area (Å²) >= 11 is 0. The molecule has 0 fully saturated rings. The average molecular weight is 337 g/mol. The zero-order valence-electron chi connectivity index (χ0n) is 13.9. The van der Waals surface area contributed by atoms with Crippen molar-refractivity contribution < 1.29 is 14.6 Å². The lowest BCUT2D eigenvalue weighted by Crippen LogP contribution is -2.29. The number of carbonyl (C=O) groups is 1. The van der Waals surface area contributed by atoms with Crippen LogP contribution in [0.4, 0.5) is 0 Å². The van der Waals surface area contributed by atoms with Crippen molar-refractivity contribution in [2.45, 2.75) is 19.4 Å². The van der Waals surface area contributed by atoms with Crippen LogP contribution in [-0.2, 0) is 0 Å². The van der Waals surface area contributed by atoms with E-state index in [2.05, 4.69) is 0 Å². The third-order valence-corrected chi connectivity index (χ3v) is 4.19. The van der Waals surface area contributed by atoms with Crippen LogP contribution in [0.2, 0.25) is 0 Å². The fourth-order valence-electron chi connectivity index (χ4n) is 2.86. The van der Waals surface area contributed by atoms with Crippen LogP contribution in [0, 0.1) is 0 Å². The third kappa shape index (κ3) is 3.32. The fraction of sp³-hybridized carbons (Fsp3) is 0.200. The Balaban J connectivity index is 2.18. The van der Waals surface area contributed by atoms with E-state index in [-0.39, 0.29) is 12.2 Å². The molecule has 0 spiro atoms. The van der Waals surface area contributed by atoms with Crippen LogP contribution in [-0.4, -0.2) is 22.6 Å². The number of benzene rings is 2. The number of rotatable bonds is 6. The number of carbonyl (C=O) groups excluding carboxylic acids is 1. The van der Waals surface area contributed by atoms with Gasteiger partial charge in [0.2, 0.25) is 0 Å². The predicted molar refractivity (Wildman–Crippen MR) is 96.5 cm³/mol. The molecule has 1 atom stereocenters. The number of ether oxygens (including phenoxy) is 1. The van der Waals surface area contributed by atoms with Gasteiger partial charge in [-0.2, -0.15) is 0 Å². The second kappa shape index (κ2) is 7.32. The summed E-state index contributed by atoms with van der Waals surface area (Å²) in [6, 6.07) is 15.9. The molecule has 0 saturated heterocycles. The lowest BCUT2D eigenvalue weighted by Gasteiger charge is -2.19. The standard InChI is InChI=1S/C20H19NO4/c1-2-16(13-23)21-19-11-18(25-17-6-4-3-5-7-17)9-8-14(19)10-15(12-22)20(21)24/h3-12,16,23H,2,13H2,1H3. The van der Waals surface area contributed by atoms with E-state index in [1.807, 2.05) is 37.3 Å². The highest BCUT2D eigenvalue weighted by Crippen LogP contribution is 2.27. The Bertz CT molecular complexity index is 943. The van der Waals surface area contributed by atoms with E-state index in [9.17, 15) is 14.7 Å². The van der Waals surface area contributed by atoms with E-state index < -0.39 is 11.6 Å². The van der Waals surface area contributed by atoms with Crippen molar-refractivity contribution in [3.8, 4) is 11.5 Å². The van der Waals surface area contributed by atoms with Crippen molar-refractivity contribution in [3.05, 3.63) is 70.5 Å². The normalized spacial score (nSPS) is 12.1. The van der Waals surface area contributed by atoms with E-state index in [4.69, 9.17) is 4.74 Å². The zero-order valence-corrected chi connectivity index (χ0v) is 13.9. The minimum absolute atomic E-state index is 0.0797. The highest BCUT2D eigenvalue weighted by molar-refractivity contribution is 5.87. The van der Waals surface area contributed by atoms with Crippen LogP contribution >= 0.6 is 0 Å². The molecular weight excluding hydrogens is 318 g/mol. The van der Waals surface area contributed by atoms with E-state index in [0.29, 0.717) is 29.7 Å². The van der Waals surface area contributed by atoms with Crippen molar-refractivity contribution in [3.63, 3.8) is 0 Å². The summed E-state index contributed by atoms with van der Waals surface area (Å²) in [6.45, 7) is 1.70. The van der Waals surface area contributed by atoms with Crippen molar-refractivity contribution >= 4 is 17.2 Å². The molecule has 0 aliphatic heterocycles. The molecule has 0 saturated carbocycles. The number of pyridine rings is 1. The molecule has 0 aliphatic carbocycles. The Morgan fingerprint density at radius 3 is 2.52 bits per heavy atom. The third-order valence-electron chi connectivity index (χ3n) is 4.19. The molecule has 1 aromatic heterocycles. The van der Waals surface area contributed by atoms with Crippen LogP contribution in [0.25, 0.3) is 10.9 Å². The number of aromatic nitrogens is 1. The van der Waals surface area contributed by atoms with Crippen LogP contribution in [0.3, 0.4) is 0 Å². The van der Waals surface area contributed by atoms with Gasteiger partial charge >= 0.3 is 0 Å². The molecule has 5 heteroatoms. The number of para-hydroxylation sites is 1. The molecule has 0 radical (unpaired) electrons. The van der Waals surface area contributed by atoms with E-state index >= 15 is 0 Å². The Labute approximate surface area is 145 Å². The largest absolute Gasteiger partial charge is 0.457 e. The van der Waals surface area contributed by atoms with Gasteiger partial charge < -0.3 is 14.4 Å². The Morgan fingerprint density at radius 1 is 1.12 bits per heavy atom. The van der Waals surface area contributed by atoms with Crippen LogP contribution in [0.1, 0.15) is 29.7 Å². The molecule has 1 heterocycles. The van der Waals surface area contributed by atoms with E-state index in [1.54, 1.807) is 24.3 Å². The summed E-state index contributed by atoms with van der Waals surface area (Å²) in [6.07, 6.45) is 1.12. The molecule has 0 amide bonds. The number of nitrogens with zero attached hydrogens (tertiary/aromatic N) is 1. The Morgan fingerprint density at radius 2 is 1.88 bits per heavy atom. The first-order valence-electron chi connectivity index (χ1n) is 8.16. The number of aliphatic hydroxyl groups is 1. The zero-order chi connectivity index (χ0) is 17.8. The van der Waals surface area contributed by atoms with Crippen molar-refractivity contribution in [1.82, 2.24) is 4.57 Å². The Kier molecular flexibility index (Phi) is 4.95. The quantitative estimate of drug-likeness (QED) is 0.699. The summed E-state index contributed by atoms with van der Waals surface area (Å²) in [5.74, 6) is 1.27. The molecule has 128 valence electrons. The molecule has 2 aromatic carbocycles. The summed E-state index contributed by atoms with van der Waals surface area (Å²) in [5, 5.41) is 10.4. The molecule has 1 unspecified atom stereocenters. The predicted octanol–water partition coefficient (Wildman–Crippen LogP) is 3.55. The minimum atomic E-state index is -0.403.